The summed E-state index contributed by atoms with van der Waals surface area (Å²) < 4.78 is 1.47. The minimum atomic E-state index is -0.215. The number of aromatic nitrogens is 3. The lowest BCUT2D eigenvalue weighted by atomic mass is 9.93. The number of H-pyrrole nitrogens is 1. The molecule has 27 heavy (non-hydrogen) atoms. The van der Waals surface area contributed by atoms with Crippen molar-refractivity contribution < 1.29 is 4.79 Å². The molecule has 2 heterocycles. The van der Waals surface area contributed by atoms with Gasteiger partial charge in [0, 0.05) is 30.0 Å². The number of urea groups is 1. The molecule has 7 heteroatoms. The lowest BCUT2D eigenvalue weighted by Crippen LogP contribution is -2.44. The summed E-state index contributed by atoms with van der Waals surface area (Å²) in [4.78, 5) is 29.1. The van der Waals surface area contributed by atoms with E-state index in [9.17, 15) is 9.59 Å². The molecule has 0 aliphatic heterocycles. The minimum Gasteiger partial charge on any atom is -0.335 e. The molecule has 3 aromatic rings. The molecule has 0 spiro atoms. The number of fused-ring (bicyclic) bond motifs is 1. The summed E-state index contributed by atoms with van der Waals surface area (Å²) in [7, 11) is 0. The summed E-state index contributed by atoms with van der Waals surface area (Å²) in [6, 6.07) is 14.9. The highest BCUT2D eigenvalue weighted by molar-refractivity contribution is 5.74. The van der Waals surface area contributed by atoms with E-state index in [1.807, 2.05) is 42.5 Å². The van der Waals surface area contributed by atoms with E-state index in [-0.39, 0.29) is 17.6 Å². The Hall–Kier alpha value is -3.35. The molecule has 3 N–H and O–H groups in total. The highest BCUT2D eigenvalue weighted by atomic mass is 16.2. The fourth-order valence-corrected chi connectivity index (χ4v) is 3.39. The maximum atomic E-state index is 12.7. The Balaban J connectivity index is 1.40. The Labute approximate surface area is 156 Å². The van der Waals surface area contributed by atoms with Crippen LogP contribution < -0.4 is 16.2 Å². The van der Waals surface area contributed by atoms with Crippen LogP contribution in [0.5, 0.6) is 0 Å². The second-order valence-electron chi connectivity index (χ2n) is 6.65. The van der Waals surface area contributed by atoms with Crippen LogP contribution in [0.1, 0.15) is 23.2 Å². The van der Waals surface area contributed by atoms with Crippen molar-refractivity contribution in [3.05, 3.63) is 81.9 Å². The van der Waals surface area contributed by atoms with Gasteiger partial charge in [0.05, 0.1) is 0 Å². The number of amides is 2. The first-order valence-electron chi connectivity index (χ1n) is 9.03. The first-order valence-corrected chi connectivity index (χ1v) is 9.03. The number of carbonyl (C=O) groups excluding carboxylic acids is 1. The second kappa shape index (κ2) is 7.49. The van der Waals surface area contributed by atoms with Crippen molar-refractivity contribution in [3.63, 3.8) is 0 Å². The van der Waals surface area contributed by atoms with Crippen molar-refractivity contribution in [3.8, 4) is 5.82 Å². The van der Waals surface area contributed by atoms with Gasteiger partial charge in [0.1, 0.15) is 0 Å². The van der Waals surface area contributed by atoms with Gasteiger partial charge in [-0.05, 0) is 37.0 Å². The second-order valence-corrected chi connectivity index (χ2v) is 6.65. The van der Waals surface area contributed by atoms with Crippen LogP contribution in [0.25, 0.3) is 5.82 Å². The van der Waals surface area contributed by atoms with Crippen molar-refractivity contribution in [2.75, 3.05) is 0 Å². The Morgan fingerprint density at radius 3 is 2.78 bits per heavy atom. The predicted octanol–water partition coefficient (Wildman–Crippen LogP) is 1.92. The Kier molecular flexibility index (Phi) is 4.74. The van der Waals surface area contributed by atoms with E-state index >= 15 is 0 Å². The molecule has 0 bridgehead atoms. The molecular weight excluding hydrogens is 342 g/mol. The van der Waals surface area contributed by atoms with Gasteiger partial charge in [-0.15, -0.1) is 0 Å². The summed E-state index contributed by atoms with van der Waals surface area (Å²) >= 11 is 0. The number of aromatic amines is 1. The molecule has 0 saturated carbocycles. The highest BCUT2D eigenvalue weighted by Crippen LogP contribution is 2.18. The normalized spacial score (nSPS) is 15.8. The van der Waals surface area contributed by atoms with Crippen LogP contribution in [-0.4, -0.2) is 26.8 Å². The number of aryl methyl sites for hydroxylation is 1. The molecule has 1 atom stereocenters. The zero-order valence-corrected chi connectivity index (χ0v) is 14.8. The Morgan fingerprint density at radius 1 is 1.19 bits per heavy atom. The van der Waals surface area contributed by atoms with Crippen molar-refractivity contribution in [2.24, 2.45) is 0 Å². The lowest BCUT2D eigenvalue weighted by Gasteiger charge is -2.22. The van der Waals surface area contributed by atoms with E-state index in [4.69, 9.17) is 0 Å². The fraction of sp³-hybridized carbons (Fsp3) is 0.250. The molecule has 0 radical (unpaired) electrons. The number of hydrogen-bond acceptors (Lipinski definition) is 3. The number of benzene rings is 1. The first kappa shape index (κ1) is 17.1. The molecule has 1 aliphatic rings. The molecule has 1 aliphatic carbocycles. The largest absolute Gasteiger partial charge is 0.335 e. The van der Waals surface area contributed by atoms with E-state index in [0.717, 1.165) is 23.2 Å². The van der Waals surface area contributed by atoms with Gasteiger partial charge >= 0.3 is 6.03 Å². The molecule has 138 valence electrons. The fourth-order valence-electron chi connectivity index (χ4n) is 3.39. The molecular formula is C20H21N5O2. The van der Waals surface area contributed by atoms with E-state index < -0.39 is 0 Å². The van der Waals surface area contributed by atoms with Crippen LogP contribution in [0.3, 0.4) is 0 Å². The van der Waals surface area contributed by atoms with Crippen molar-refractivity contribution >= 4 is 6.03 Å². The lowest BCUT2D eigenvalue weighted by molar-refractivity contribution is 0.235. The van der Waals surface area contributed by atoms with Gasteiger partial charge < -0.3 is 10.6 Å². The maximum Gasteiger partial charge on any atom is 0.315 e. The molecule has 0 fully saturated rings. The van der Waals surface area contributed by atoms with Crippen molar-refractivity contribution in [2.45, 2.75) is 31.8 Å². The Morgan fingerprint density at radius 2 is 2.00 bits per heavy atom. The average Bonchev–Trinajstić information content (AvgIpc) is 3.04. The molecule has 7 nitrogen and oxygen atoms in total. The van der Waals surface area contributed by atoms with Crippen LogP contribution in [0.2, 0.25) is 0 Å². The highest BCUT2D eigenvalue weighted by Gasteiger charge is 2.25. The van der Waals surface area contributed by atoms with E-state index in [1.54, 1.807) is 12.3 Å². The zero-order chi connectivity index (χ0) is 18.6. The van der Waals surface area contributed by atoms with Gasteiger partial charge in [-0.2, -0.15) is 0 Å². The van der Waals surface area contributed by atoms with Gasteiger partial charge in [0.25, 0.3) is 5.56 Å². The Bertz CT molecular complexity index is 979. The average molecular weight is 363 g/mol. The van der Waals surface area contributed by atoms with Crippen molar-refractivity contribution in [1.82, 2.24) is 25.4 Å². The third-order valence-electron chi connectivity index (χ3n) is 4.78. The molecule has 2 amide bonds. The molecule has 1 unspecified atom stereocenters. The standard InChI is InChI=1S/C20H21N5O2/c26-19-16-12-15(23-20(27)22-13-14-6-2-1-3-7-14)9-10-17(16)24-25(19)18-8-4-5-11-21-18/h1-8,11,15,24H,9-10,12-13H2,(H2,22,23,27). The summed E-state index contributed by atoms with van der Waals surface area (Å²) in [5.41, 5.74) is 2.59. The number of carbonyl (C=O) groups is 1. The maximum absolute atomic E-state index is 12.7. The monoisotopic (exact) mass is 363 g/mol. The quantitative estimate of drug-likeness (QED) is 0.661. The van der Waals surface area contributed by atoms with Gasteiger partial charge in [-0.25, -0.2) is 14.5 Å². The topological polar surface area (TPSA) is 91.8 Å². The summed E-state index contributed by atoms with van der Waals surface area (Å²) in [6.07, 6.45) is 3.67. The summed E-state index contributed by atoms with van der Waals surface area (Å²) in [5.74, 6) is 0.571. The summed E-state index contributed by atoms with van der Waals surface area (Å²) in [6.45, 7) is 0.473. The van der Waals surface area contributed by atoms with E-state index in [2.05, 4.69) is 20.7 Å². The number of hydrogen-bond donors (Lipinski definition) is 3. The van der Waals surface area contributed by atoms with Gasteiger partial charge in [-0.3, -0.25) is 9.89 Å². The first-order chi connectivity index (χ1) is 13.2. The van der Waals surface area contributed by atoms with Gasteiger partial charge in [-0.1, -0.05) is 36.4 Å². The van der Waals surface area contributed by atoms with Gasteiger partial charge in [0.2, 0.25) is 0 Å². The van der Waals surface area contributed by atoms with Crippen molar-refractivity contribution in [1.29, 1.82) is 0 Å². The van der Waals surface area contributed by atoms with Crippen LogP contribution in [0.15, 0.2) is 59.5 Å². The smallest absolute Gasteiger partial charge is 0.315 e. The third kappa shape index (κ3) is 3.76. The molecule has 0 saturated heterocycles. The number of rotatable bonds is 4. The third-order valence-corrected chi connectivity index (χ3v) is 4.78. The number of nitrogens with one attached hydrogen (secondary N) is 3. The number of nitrogens with zero attached hydrogens (tertiary/aromatic N) is 2. The molecule has 1 aromatic carbocycles. The van der Waals surface area contributed by atoms with Crippen LogP contribution in [-0.2, 0) is 19.4 Å². The predicted molar refractivity (Wildman–Crippen MR) is 102 cm³/mol. The molecule has 4 rings (SSSR count). The minimum absolute atomic E-state index is 0.0612. The van der Waals surface area contributed by atoms with Crippen LogP contribution >= 0.6 is 0 Å². The van der Waals surface area contributed by atoms with E-state index in [0.29, 0.717) is 25.2 Å². The van der Waals surface area contributed by atoms with E-state index in [1.165, 1.54) is 4.68 Å². The van der Waals surface area contributed by atoms with Crippen LogP contribution in [0, 0.1) is 0 Å². The van der Waals surface area contributed by atoms with Gasteiger partial charge in [0.15, 0.2) is 5.82 Å². The summed E-state index contributed by atoms with van der Waals surface area (Å²) in [5, 5.41) is 9.00. The zero-order valence-electron chi connectivity index (χ0n) is 14.8. The SMILES string of the molecule is O=C(NCc1ccccc1)NC1CCc2[nH]n(-c3ccccn3)c(=O)c2C1. The number of pyridine rings is 1. The molecule has 2 aromatic heterocycles. The van der Waals surface area contributed by atoms with Crippen LogP contribution in [0.4, 0.5) is 4.79 Å².